The van der Waals surface area contributed by atoms with Crippen molar-refractivity contribution >= 4 is 15.7 Å². The van der Waals surface area contributed by atoms with E-state index in [1.807, 2.05) is 4.90 Å². The van der Waals surface area contributed by atoms with Crippen LogP contribution in [0.5, 0.6) is 0 Å². The molecule has 0 amide bonds. The first-order chi connectivity index (χ1) is 4.74. The van der Waals surface area contributed by atoms with E-state index in [1.54, 1.807) is 0 Å². The van der Waals surface area contributed by atoms with Gasteiger partial charge in [-0.2, -0.15) is 0 Å². The van der Waals surface area contributed by atoms with Gasteiger partial charge < -0.3 is 4.90 Å². The third-order valence-corrected chi connectivity index (χ3v) is 1.78. The predicted molar refractivity (Wildman–Crippen MR) is 47.4 cm³/mol. The number of hydrogen-bond donors (Lipinski definition) is 0. The van der Waals surface area contributed by atoms with Crippen LogP contribution in [-0.2, 0) is 0 Å². The molecule has 0 saturated carbocycles. The fourth-order valence-electron chi connectivity index (χ4n) is 0.793. The third kappa shape index (κ3) is 3.99. The van der Waals surface area contributed by atoms with E-state index in [0.29, 0.717) is 18.8 Å². The Morgan fingerprint density at radius 3 is 2.10 bits per heavy atom. The predicted octanol–water partition coefficient (Wildman–Crippen LogP) is 0.586. The van der Waals surface area contributed by atoms with Crippen LogP contribution < -0.4 is 0 Å². The molecular weight excluding hydrogens is 120 g/mol. The monoisotopic (exact) mass is 135 g/mol. The van der Waals surface area contributed by atoms with Crippen LogP contribution in [0.4, 0.5) is 0 Å². The lowest BCUT2D eigenvalue weighted by Crippen LogP contribution is -2.30. The minimum absolute atomic E-state index is 0.570. The van der Waals surface area contributed by atoms with E-state index >= 15 is 0 Å². The third-order valence-electron chi connectivity index (χ3n) is 1.78. The van der Waals surface area contributed by atoms with Gasteiger partial charge in [-0.15, -0.1) is 0 Å². The van der Waals surface area contributed by atoms with E-state index in [-0.39, 0.29) is 0 Å². The van der Waals surface area contributed by atoms with Gasteiger partial charge in [0.25, 0.3) is 0 Å². The van der Waals surface area contributed by atoms with Crippen molar-refractivity contribution in [3.8, 4) is 0 Å². The lowest BCUT2D eigenvalue weighted by molar-refractivity contribution is 0.306. The summed E-state index contributed by atoms with van der Waals surface area (Å²) in [5.41, 5.74) is 0. The standard InChI is InChI=1S/C7H15B2N/c1-3-7(2)4-10(5-8)6-9/h7H,3-6H2,1-2H3. The van der Waals surface area contributed by atoms with E-state index in [9.17, 15) is 0 Å². The van der Waals surface area contributed by atoms with Gasteiger partial charge in [-0.25, -0.2) is 0 Å². The summed E-state index contributed by atoms with van der Waals surface area (Å²) in [6.07, 6.45) is 2.33. The summed E-state index contributed by atoms with van der Waals surface area (Å²) >= 11 is 0. The molecule has 0 rings (SSSR count). The number of hydrogen-bond acceptors (Lipinski definition) is 1. The van der Waals surface area contributed by atoms with Gasteiger partial charge in [0, 0.05) is 0 Å². The Kier molecular flexibility index (Phi) is 5.90. The summed E-state index contributed by atoms with van der Waals surface area (Å²) < 4.78 is 0. The van der Waals surface area contributed by atoms with Gasteiger partial charge >= 0.3 is 0 Å². The van der Waals surface area contributed by atoms with Crippen LogP contribution in [0.1, 0.15) is 20.3 Å². The maximum atomic E-state index is 5.43. The Labute approximate surface area is 67.0 Å². The molecule has 0 saturated heterocycles. The van der Waals surface area contributed by atoms with Crippen LogP contribution in [-0.4, -0.2) is 40.0 Å². The average molecular weight is 135 g/mol. The molecule has 0 N–H and O–H groups in total. The van der Waals surface area contributed by atoms with Gasteiger partial charge in [0.05, 0.1) is 15.7 Å². The summed E-state index contributed by atoms with van der Waals surface area (Å²) in [6.45, 7) is 5.40. The quantitative estimate of drug-likeness (QED) is 0.498. The van der Waals surface area contributed by atoms with Crippen molar-refractivity contribution < 1.29 is 0 Å². The van der Waals surface area contributed by atoms with Crippen LogP contribution in [0.15, 0.2) is 0 Å². The highest BCUT2D eigenvalue weighted by Gasteiger charge is 2.02. The molecule has 0 spiro atoms. The summed E-state index contributed by atoms with van der Waals surface area (Å²) in [4.78, 5) is 2.04. The Hall–Kier alpha value is 0.0899. The largest absolute Gasteiger partial charge is 0.320 e. The molecule has 10 heavy (non-hydrogen) atoms. The zero-order valence-electron chi connectivity index (χ0n) is 7.01. The molecule has 0 bridgehead atoms. The van der Waals surface area contributed by atoms with Crippen LogP contribution in [0.25, 0.3) is 0 Å². The highest BCUT2D eigenvalue weighted by Crippen LogP contribution is 2.01. The maximum Gasteiger partial charge on any atom is 0.0862 e. The van der Waals surface area contributed by atoms with E-state index in [4.69, 9.17) is 15.7 Å². The molecular formula is C7H15B2N. The molecule has 0 aromatic heterocycles. The lowest BCUT2D eigenvalue weighted by atomic mass is 10.0. The lowest BCUT2D eigenvalue weighted by Gasteiger charge is -2.22. The van der Waals surface area contributed by atoms with E-state index in [0.717, 1.165) is 6.54 Å². The van der Waals surface area contributed by atoms with E-state index in [1.165, 1.54) is 6.42 Å². The second-order valence-electron chi connectivity index (χ2n) is 2.73. The second kappa shape index (κ2) is 5.84. The molecule has 1 nitrogen and oxygen atoms in total. The van der Waals surface area contributed by atoms with Crippen LogP contribution in [0.3, 0.4) is 0 Å². The fourth-order valence-corrected chi connectivity index (χ4v) is 0.793. The Balaban J connectivity index is 3.41. The van der Waals surface area contributed by atoms with Crippen molar-refractivity contribution in [2.75, 3.05) is 19.4 Å². The molecule has 0 aliphatic carbocycles. The number of nitrogens with zero attached hydrogens (tertiary/aromatic N) is 1. The highest BCUT2D eigenvalue weighted by atomic mass is 15.1. The topological polar surface area (TPSA) is 3.24 Å². The Morgan fingerprint density at radius 1 is 1.30 bits per heavy atom. The molecule has 54 valence electrons. The first-order valence-electron chi connectivity index (χ1n) is 3.87. The summed E-state index contributed by atoms with van der Waals surface area (Å²) in [5.74, 6) is 0.701. The van der Waals surface area contributed by atoms with Gasteiger partial charge in [-0.3, -0.25) is 0 Å². The SMILES string of the molecule is [B]CN(C[B])CC(C)CC. The highest BCUT2D eigenvalue weighted by molar-refractivity contribution is 6.11. The van der Waals surface area contributed by atoms with Crippen molar-refractivity contribution in [1.82, 2.24) is 4.90 Å². The van der Waals surface area contributed by atoms with E-state index in [2.05, 4.69) is 13.8 Å². The molecule has 3 heteroatoms. The molecule has 0 aromatic carbocycles. The molecule has 0 heterocycles. The van der Waals surface area contributed by atoms with Gasteiger partial charge in [0.2, 0.25) is 0 Å². The van der Waals surface area contributed by atoms with Crippen molar-refractivity contribution in [2.24, 2.45) is 5.92 Å². The molecule has 0 aliphatic rings. The zero-order valence-corrected chi connectivity index (χ0v) is 7.01. The summed E-state index contributed by atoms with van der Waals surface area (Å²) in [6, 6.07) is 0. The maximum absolute atomic E-state index is 5.43. The minimum atomic E-state index is 0.570. The molecule has 0 aliphatic heterocycles. The van der Waals surface area contributed by atoms with Crippen LogP contribution in [0, 0.1) is 5.92 Å². The Morgan fingerprint density at radius 2 is 1.80 bits per heavy atom. The van der Waals surface area contributed by atoms with Gasteiger partial charge in [-0.05, 0) is 25.4 Å². The first-order valence-corrected chi connectivity index (χ1v) is 3.87. The van der Waals surface area contributed by atoms with E-state index < -0.39 is 0 Å². The van der Waals surface area contributed by atoms with Crippen molar-refractivity contribution in [3.63, 3.8) is 0 Å². The summed E-state index contributed by atoms with van der Waals surface area (Å²) in [5, 5.41) is 0. The Bertz CT molecular complexity index is 74.0. The van der Waals surface area contributed by atoms with Crippen LogP contribution in [0.2, 0.25) is 0 Å². The van der Waals surface area contributed by atoms with Crippen molar-refractivity contribution in [3.05, 3.63) is 0 Å². The van der Waals surface area contributed by atoms with Crippen LogP contribution >= 0.6 is 0 Å². The second-order valence-corrected chi connectivity index (χ2v) is 2.73. The smallest absolute Gasteiger partial charge is 0.0862 e. The molecule has 1 unspecified atom stereocenters. The first kappa shape index (κ1) is 10.1. The normalized spacial score (nSPS) is 13.9. The zero-order chi connectivity index (χ0) is 7.98. The molecule has 1 atom stereocenters. The van der Waals surface area contributed by atoms with Crippen molar-refractivity contribution in [1.29, 1.82) is 0 Å². The fraction of sp³-hybridized carbons (Fsp3) is 1.00. The van der Waals surface area contributed by atoms with Gasteiger partial charge in [-0.1, -0.05) is 20.3 Å². The van der Waals surface area contributed by atoms with Gasteiger partial charge in [0.1, 0.15) is 0 Å². The molecule has 0 aromatic rings. The van der Waals surface area contributed by atoms with Gasteiger partial charge in [0.15, 0.2) is 0 Å². The molecule has 4 radical (unpaired) electrons. The minimum Gasteiger partial charge on any atom is -0.320 e. The summed E-state index contributed by atoms with van der Waals surface area (Å²) in [7, 11) is 10.9. The average Bonchev–Trinajstić information content (AvgIpc) is 1.99. The van der Waals surface area contributed by atoms with Crippen molar-refractivity contribution in [2.45, 2.75) is 20.3 Å². The number of rotatable bonds is 5. The molecule has 0 fully saturated rings.